The van der Waals surface area contributed by atoms with E-state index in [4.69, 9.17) is 24.2 Å². The number of anilines is 2. The zero-order chi connectivity index (χ0) is 36.2. The van der Waals surface area contributed by atoms with Crippen LogP contribution in [0.15, 0.2) is 30.7 Å². The van der Waals surface area contributed by atoms with Crippen LogP contribution in [0.5, 0.6) is 5.88 Å². The van der Waals surface area contributed by atoms with Gasteiger partial charge in [-0.1, -0.05) is 12.8 Å². The van der Waals surface area contributed by atoms with Crippen molar-refractivity contribution in [3.63, 3.8) is 0 Å². The Morgan fingerprint density at radius 1 is 1.04 bits per heavy atom. The number of esters is 1. The van der Waals surface area contributed by atoms with Gasteiger partial charge in [-0.2, -0.15) is 13.2 Å². The van der Waals surface area contributed by atoms with E-state index in [9.17, 15) is 18.0 Å². The molecule has 1 N–H and O–H groups in total. The number of H-pyrrole nitrogens is 1. The zero-order valence-corrected chi connectivity index (χ0v) is 29.3. The highest BCUT2D eigenvalue weighted by atomic mass is 19.4. The average molecular weight is 713 g/mol. The number of nitrogens with zero attached hydrogens (tertiary/aromatic N) is 7. The number of methoxy groups -OCH3 is 2. The molecule has 5 heterocycles. The molecule has 1 saturated carbocycles. The van der Waals surface area contributed by atoms with Crippen molar-refractivity contribution in [1.29, 1.82) is 0 Å². The summed E-state index contributed by atoms with van der Waals surface area (Å²) in [6.45, 7) is 4.23. The summed E-state index contributed by atoms with van der Waals surface area (Å²) in [6, 6.07) is 2.79. The van der Waals surface area contributed by atoms with E-state index in [2.05, 4.69) is 34.5 Å². The topological polar surface area (TPSA) is 141 Å². The molecule has 1 saturated heterocycles. The van der Waals surface area contributed by atoms with E-state index in [-0.39, 0.29) is 36.0 Å². The van der Waals surface area contributed by atoms with Gasteiger partial charge in [-0.05, 0) is 44.7 Å². The largest absolute Gasteiger partial charge is 0.478 e. The third kappa shape index (κ3) is 8.17. The Bertz CT molecular complexity index is 1810. The van der Waals surface area contributed by atoms with Gasteiger partial charge < -0.3 is 33.7 Å². The Hall–Kier alpha value is -4.57. The monoisotopic (exact) mass is 712 g/mol. The molecule has 13 nitrogen and oxygen atoms in total. The van der Waals surface area contributed by atoms with Gasteiger partial charge in [-0.25, -0.2) is 29.7 Å². The molecular weight excluding hydrogens is 669 g/mol. The number of hydrogen-bond acceptors (Lipinski definition) is 12. The minimum Gasteiger partial charge on any atom is -0.478 e. The van der Waals surface area contributed by atoms with Crippen LogP contribution in [-0.4, -0.2) is 103 Å². The number of alkyl halides is 3. The van der Waals surface area contributed by atoms with E-state index in [1.54, 1.807) is 32.5 Å². The Labute approximate surface area is 293 Å². The van der Waals surface area contributed by atoms with E-state index in [1.807, 2.05) is 7.05 Å². The van der Waals surface area contributed by atoms with Crippen molar-refractivity contribution < 1.29 is 36.9 Å². The lowest BCUT2D eigenvalue weighted by atomic mass is 9.86. The first-order chi connectivity index (χ1) is 24.5. The first-order valence-electron chi connectivity index (χ1n) is 17.1. The predicted molar refractivity (Wildman–Crippen MR) is 184 cm³/mol. The number of aromatic amines is 1. The minimum atomic E-state index is -4.68. The van der Waals surface area contributed by atoms with Gasteiger partial charge in [0, 0.05) is 51.0 Å². The molecule has 0 radical (unpaired) electrons. The molecule has 1 aliphatic carbocycles. The molecule has 6 rings (SSSR count). The van der Waals surface area contributed by atoms with Gasteiger partial charge in [0.15, 0.2) is 11.5 Å². The number of imidazole rings is 1. The quantitative estimate of drug-likeness (QED) is 0.170. The van der Waals surface area contributed by atoms with Crippen molar-refractivity contribution >= 4 is 28.6 Å². The second-order valence-corrected chi connectivity index (χ2v) is 13.1. The van der Waals surface area contributed by atoms with Gasteiger partial charge in [0.1, 0.15) is 29.2 Å². The Morgan fingerprint density at radius 2 is 1.80 bits per heavy atom. The van der Waals surface area contributed by atoms with Crippen molar-refractivity contribution in [2.24, 2.45) is 5.41 Å². The van der Waals surface area contributed by atoms with Gasteiger partial charge in [-0.3, -0.25) is 0 Å². The fourth-order valence-electron chi connectivity index (χ4n) is 7.06. The molecule has 4 aromatic rings. The lowest BCUT2D eigenvalue weighted by Crippen LogP contribution is -2.38. The van der Waals surface area contributed by atoms with Crippen LogP contribution in [0.4, 0.5) is 24.7 Å². The number of carbonyl (C=O) groups is 1. The standard InChI is InChI=1S/C35H43F3N8O5/c1-5-50-33-24(35(36,37)38)14-22(16-41-33)25-15-27(45(2)20-34(21-48-3)10-6-7-11-34)30-32(42-25)44-31(43-30)26-17-40-28(18-39-26)46-12-8-23(9-13-46)51-19-29(47)49-4/h14-18,23H,5-13,19-21H2,1-4H3,(H,42,43,44). The molecule has 0 aromatic carbocycles. The first-order valence-corrected chi connectivity index (χ1v) is 17.1. The Morgan fingerprint density at radius 3 is 2.45 bits per heavy atom. The molecule has 274 valence electrons. The zero-order valence-electron chi connectivity index (χ0n) is 29.3. The van der Waals surface area contributed by atoms with Gasteiger partial charge in [0.2, 0.25) is 5.88 Å². The number of ether oxygens (including phenoxy) is 4. The van der Waals surface area contributed by atoms with E-state index < -0.39 is 23.6 Å². The maximum Gasteiger partial charge on any atom is 0.421 e. The van der Waals surface area contributed by atoms with Crippen LogP contribution in [0.2, 0.25) is 0 Å². The molecule has 2 fully saturated rings. The number of nitrogens with one attached hydrogen (secondary N) is 1. The van der Waals surface area contributed by atoms with Gasteiger partial charge in [0.05, 0.1) is 50.2 Å². The molecule has 2 aliphatic rings. The summed E-state index contributed by atoms with van der Waals surface area (Å²) in [5, 5.41) is 0. The number of piperidine rings is 1. The number of pyridine rings is 2. The second-order valence-electron chi connectivity index (χ2n) is 13.1. The Kier molecular flexibility index (Phi) is 10.9. The third-order valence-electron chi connectivity index (χ3n) is 9.58. The van der Waals surface area contributed by atoms with Crippen LogP contribution in [0.3, 0.4) is 0 Å². The van der Waals surface area contributed by atoms with Crippen LogP contribution < -0.4 is 14.5 Å². The number of fused-ring (bicyclic) bond motifs is 1. The molecule has 51 heavy (non-hydrogen) atoms. The lowest BCUT2D eigenvalue weighted by molar-refractivity contribution is -0.148. The predicted octanol–water partition coefficient (Wildman–Crippen LogP) is 5.70. The molecule has 0 atom stereocenters. The van der Waals surface area contributed by atoms with Gasteiger partial charge >= 0.3 is 12.1 Å². The molecule has 0 spiro atoms. The number of rotatable bonds is 13. The molecule has 0 unspecified atom stereocenters. The number of hydrogen-bond donors (Lipinski definition) is 1. The minimum absolute atomic E-state index is 0.0376. The van der Waals surface area contributed by atoms with Crippen molar-refractivity contribution in [2.75, 3.05) is 70.5 Å². The highest BCUT2D eigenvalue weighted by molar-refractivity contribution is 5.91. The van der Waals surface area contributed by atoms with Crippen LogP contribution in [0, 0.1) is 5.41 Å². The van der Waals surface area contributed by atoms with E-state index >= 15 is 0 Å². The summed E-state index contributed by atoms with van der Waals surface area (Å²) in [7, 11) is 5.00. The molecule has 16 heteroatoms. The second kappa shape index (κ2) is 15.4. The fourth-order valence-corrected chi connectivity index (χ4v) is 7.06. The van der Waals surface area contributed by atoms with Crippen molar-refractivity contribution in [3.8, 4) is 28.7 Å². The summed E-state index contributed by atoms with van der Waals surface area (Å²) in [5.74, 6) is 0.245. The van der Waals surface area contributed by atoms with E-state index in [1.165, 1.54) is 13.3 Å². The summed E-state index contributed by atoms with van der Waals surface area (Å²) in [5.41, 5.74) is 1.59. The van der Waals surface area contributed by atoms with Crippen LogP contribution in [0.25, 0.3) is 33.9 Å². The average Bonchev–Trinajstić information content (AvgIpc) is 3.78. The molecule has 0 amide bonds. The van der Waals surface area contributed by atoms with Crippen molar-refractivity contribution in [3.05, 3.63) is 36.3 Å². The van der Waals surface area contributed by atoms with Gasteiger partial charge in [-0.15, -0.1) is 0 Å². The highest BCUT2D eigenvalue weighted by Gasteiger charge is 2.37. The van der Waals surface area contributed by atoms with Crippen molar-refractivity contribution in [1.82, 2.24) is 29.9 Å². The first kappa shape index (κ1) is 36.2. The number of aromatic nitrogens is 6. The fraction of sp³-hybridized carbons (Fsp3) is 0.543. The molecular formula is C35H43F3N8O5. The molecule has 4 aromatic heterocycles. The van der Waals surface area contributed by atoms with Crippen LogP contribution >= 0.6 is 0 Å². The number of halogens is 3. The summed E-state index contributed by atoms with van der Waals surface area (Å²) >= 11 is 0. The maximum atomic E-state index is 14.1. The highest BCUT2D eigenvalue weighted by Crippen LogP contribution is 2.42. The summed E-state index contributed by atoms with van der Waals surface area (Å²) in [6.07, 6.45) is 5.65. The Balaban J connectivity index is 1.31. The SMILES string of the molecule is CCOc1ncc(-c2cc(N(C)CC3(COC)CCCC3)c3[nH]c(-c4cnc(N5CCC(OCC(=O)OC)CC5)cn4)nc3n2)cc1C(F)(F)F. The molecule has 1 aliphatic heterocycles. The van der Waals surface area contributed by atoms with Crippen molar-refractivity contribution in [2.45, 2.75) is 57.7 Å². The third-order valence-corrected chi connectivity index (χ3v) is 9.58. The number of carbonyl (C=O) groups excluding carboxylic acids is 1. The maximum absolute atomic E-state index is 14.1. The van der Waals surface area contributed by atoms with E-state index in [0.29, 0.717) is 54.7 Å². The van der Waals surface area contributed by atoms with E-state index in [0.717, 1.165) is 50.3 Å². The summed E-state index contributed by atoms with van der Waals surface area (Å²) < 4.78 is 63.4. The normalized spacial score (nSPS) is 16.5. The van der Waals surface area contributed by atoms with Crippen LogP contribution in [0.1, 0.15) is 51.0 Å². The summed E-state index contributed by atoms with van der Waals surface area (Å²) in [4.78, 5) is 41.8. The van der Waals surface area contributed by atoms with Crippen LogP contribution in [-0.2, 0) is 25.2 Å². The lowest BCUT2D eigenvalue weighted by Gasteiger charge is -2.34. The molecule has 0 bridgehead atoms. The van der Waals surface area contributed by atoms with Gasteiger partial charge in [0.25, 0.3) is 0 Å². The smallest absolute Gasteiger partial charge is 0.421 e.